The molecule has 3 heterocycles. The summed E-state index contributed by atoms with van der Waals surface area (Å²) >= 11 is 1.37. The zero-order valence-corrected chi connectivity index (χ0v) is 17.8. The molecule has 0 saturated carbocycles. The molecule has 158 valence electrons. The summed E-state index contributed by atoms with van der Waals surface area (Å²) in [5, 5.41) is 3.04. The van der Waals surface area contributed by atoms with Crippen LogP contribution >= 0.6 is 11.8 Å². The maximum absolute atomic E-state index is 13.3. The van der Waals surface area contributed by atoms with Gasteiger partial charge in [-0.3, -0.25) is 14.2 Å². The van der Waals surface area contributed by atoms with Crippen molar-refractivity contribution in [2.24, 2.45) is 0 Å². The fourth-order valence-electron chi connectivity index (χ4n) is 3.33. The number of rotatable bonds is 5. The predicted octanol–water partition coefficient (Wildman–Crippen LogP) is 2.70. The number of hydrogen-bond acceptors (Lipinski definition) is 7. The number of carbonyl (C=O) groups excluding carboxylic acids is 1. The molecule has 0 saturated heterocycles. The van der Waals surface area contributed by atoms with Crippen LogP contribution in [0.3, 0.4) is 0 Å². The number of para-hydroxylation sites is 2. The molecule has 10 heteroatoms. The Labute approximate surface area is 186 Å². The third kappa shape index (κ3) is 3.60. The highest BCUT2D eigenvalue weighted by molar-refractivity contribution is 7.98. The number of hydrogen-bond donors (Lipinski definition) is 2. The fourth-order valence-corrected chi connectivity index (χ4v) is 4.21. The molecule has 3 aromatic heterocycles. The molecular formula is C22H17N7O2S. The van der Waals surface area contributed by atoms with Gasteiger partial charge in [-0.15, -0.1) is 0 Å². The number of thioether (sulfide) groups is 1. The largest absolute Gasteiger partial charge is 0.355 e. The van der Waals surface area contributed by atoms with Gasteiger partial charge in [0, 0.05) is 25.0 Å². The van der Waals surface area contributed by atoms with E-state index in [1.807, 2.05) is 24.3 Å². The van der Waals surface area contributed by atoms with E-state index in [9.17, 15) is 9.59 Å². The van der Waals surface area contributed by atoms with E-state index in [-0.39, 0.29) is 22.6 Å². The van der Waals surface area contributed by atoms with E-state index < -0.39 is 0 Å². The smallest absolute Gasteiger partial charge is 0.286 e. The number of fused-ring (bicyclic) bond motifs is 2. The van der Waals surface area contributed by atoms with Gasteiger partial charge in [0.05, 0.1) is 22.5 Å². The number of imidazole rings is 1. The van der Waals surface area contributed by atoms with E-state index in [2.05, 4.69) is 30.2 Å². The molecule has 32 heavy (non-hydrogen) atoms. The van der Waals surface area contributed by atoms with Crippen molar-refractivity contribution in [2.45, 2.75) is 10.9 Å². The van der Waals surface area contributed by atoms with Crippen LogP contribution < -0.4 is 10.9 Å². The van der Waals surface area contributed by atoms with Crippen LogP contribution in [0.4, 0.5) is 0 Å². The van der Waals surface area contributed by atoms with Gasteiger partial charge in [0.25, 0.3) is 11.5 Å². The topological polar surface area (TPSA) is 118 Å². The Kier molecular flexibility index (Phi) is 5.12. The quantitative estimate of drug-likeness (QED) is 0.317. The zero-order chi connectivity index (χ0) is 22.1. The minimum atomic E-state index is -0.331. The van der Waals surface area contributed by atoms with Crippen LogP contribution in [0, 0.1) is 0 Å². The highest BCUT2D eigenvalue weighted by atomic mass is 32.2. The van der Waals surface area contributed by atoms with Gasteiger partial charge in [0.2, 0.25) is 0 Å². The van der Waals surface area contributed by atoms with Gasteiger partial charge in [-0.25, -0.2) is 19.9 Å². The van der Waals surface area contributed by atoms with E-state index in [1.165, 1.54) is 28.7 Å². The van der Waals surface area contributed by atoms with Gasteiger partial charge >= 0.3 is 0 Å². The summed E-state index contributed by atoms with van der Waals surface area (Å²) in [5.74, 6) is 1.04. The second-order valence-electron chi connectivity index (χ2n) is 6.88. The first kappa shape index (κ1) is 19.9. The number of benzene rings is 2. The maximum Gasteiger partial charge on any atom is 0.286 e. The standard InChI is InChI=1S/C22H17N7O2S/c1-23-20(30)13-6-8-14(9-7-13)29-21(31)18-19(25-11-10-24-18)28-22(29)32-12-17-26-15-4-2-3-5-16(15)27-17/h2-11H,12H2,1H3,(H,23,30)(H,26,27). The first-order valence-electron chi connectivity index (χ1n) is 9.77. The molecule has 5 rings (SSSR count). The van der Waals surface area contributed by atoms with Crippen LogP contribution in [0.1, 0.15) is 16.2 Å². The van der Waals surface area contributed by atoms with Gasteiger partial charge < -0.3 is 10.3 Å². The number of nitrogens with zero attached hydrogens (tertiary/aromatic N) is 5. The van der Waals surface area contributed by atoms with Crippen LogP contribution in [0.15, 0.2) is 70.9 Å². The molecule has 0 fully saturated rings. The Morgan fingerprint density at radius 1 is 1.06 bits per heavy atom. The molecule has 0 aliphatic carbocycles. The zero-order valence-electron chi connectivity index (χ0n) is 16.9. The van der Waals surface area contributed by atoms with Gasteiger partial charge in [-0.2, -0.15) is 0 Å². The number of aromatic amines is 1. The summed E-state index contributed by atoms with van der Waals surface area (Å²) in [6.07, 6.45) is 2.97. The summed E-state index contributed by atoms with van der Waals surface area (Å²) in [6.45, 7) is 0. The molecule has 2 aromatic carbocycles. The van der Waals surface area contributed by atoms with Crippen molar-refractivity contribution in [2.75, 3.05) is 7.05 Å². The fraction of sp³-hybridized carbons (Fsp3) is 0.0909. The van der Waals surface area contributed by atoms with E-state index in [0.717, 1.165) is 16.9 Å². The molecule has 2 N–H and O–H groups in total. The Morgan fingerprint density at radius 3 is 2.62 bits per heavy atom. The highest BCUT2D eigenvalue weighted by Gasteiger charge is 2.16. The lowest BCUT2D eigenvalue weighted by molar-refractivity contribution is 0.0963. The Hall–Kier alpha value is -4.05. The number of nitrogens with one attached hydrogen (secondary N) is 2. The lowest BCUT2D eigenvalue weighted by Gasteiger charge is -2.12. The van der Waals surface area contributed by atoms with E-state index in [4.69, 9.17) is 0 Å². The van der Waals surface area contributed by atoms with Gasteiger partial charge in [0.1, 0.15) is 5.82 Å². The van der Waals surface area contributed by atoms with Crippen molar-refractivity contribution in [3.63, 3.8) is 0 Å². The SMILES string of the molecule is CNC(=O)c1ccc(-n2c(SCc3nc4ccccc4[nH]3)nc3nccnc3c2=O)cc1. The Balaban J connectivity index is 1.57. The molecule has 0 aliphatic rings. The van der Waals surface area contributed by atoms with Crippen LogP contribution in [0.25, 0.3) is 27.9 Å². The molecule has 0 spiro atoms. The van der Waals surface area contributed by atoms with E-state index in [1.54, 1.807) is 31.3 Å². The molecule has 5 aromatic rings. The normalized spacial score (nSPS) is 11.2. The lowest BCUT2D eigenvalue weighted by atomic mass is 10.2. The number of amides is 1. The monoisotopic (exact) mass is 443 g/mol. The molecule has 9 nitrogen and oxygen atoms in total. The van der Waals surface area contributed by atoms with Crippen LogP contribution in [0.5, 0.6) is 0 Å². The van der Waals surface area contributed by atoms with Crippen molar-refractivity contribution < 1.29 is 4.79 Å². The maximum atomic E-state index is 13.3. The third-order valence-electron chi connectivity index (χ3n) is 4.87. The Bertz CT molecular complexity index is 1480. The van der Waals surface area contributed by atoms with Crippen molar-refractivity contribution in [1.82, 2.24) is 34.8 Å². The van der Waals surface area contributed by atoms with Crippen molar-refractivity contribution in [3.05, 3.63) is 82.7 Å². The molecular weight excluding hydrogens is 426 g/mol. The molecule has 1 amide bonds. The second kappa shape index (κ2) is 8.23. The van der Waals surface area contributed by atoms with Crippen molar-refractivity contribution >= 4 is 39.9 Å². The highest BCUT2D eigenvalue weighted by Crippen LogP contribution is 2.24. The summed E-state index contributed by atoms with van der Waals surface area (Å²) in [6, 6.07) is 14.5. The van der Waals surface area contributed by atoms with Gasteiger partial charge in [0.15, 0.2) is 16.3 Å². The first-order chi connectivity index (χ1) is 15.6. The van der Waals surface area contributed by atoms with Crippen molar-refractivity contribution in [3.8, 4) is 5.69 Å². The third-order valence-corrected chi connectivity index (χ3v) is 5.82. The van der Waals surface area contributed by atoms with Crippen LogP contribution in [-0.4, -0.2) is 42.4 Å². The van der Waals surface area contributed by atoms with Crippen LogP contribution in [0.2, 0.25) is 0 Å². The predicted molar refractivity (Wildman–Crippen MR) is 122 cm³/mol. The van der Waals surface area contributed by atoms with Crippen LogP contribution in [-0.2, 0) is 5.75 Å². The minimum absolute atomic E-state index is 0.177. The lowest BCUT2D eigenvalue weighted by Crippen LogP contribution is -2.23. The minimum Gasteiger partial charge on any atom is -0.355 e. The summed E-state index contributed by atoms with van der Waals surface area (Å²) in [4.78, 5) is 46.0. The average molecular weight is 443 g/mol. The summed E-state index contributed by atoms with van der Waals surface area (Å²) in [5.41, 5.74) is 3.02. The molecule has 0 atom stereocenters. The number of H-pyrrole nitrogens is 1. The molecule has 0 radical (unpaired) electrons. The van der Waals surface area contributed by atoms with E-state index >= 15 is 0 Å². The summed E-state index contributed by atoms with van der Waals surface area (Å²) < 4.78 is 1.48. The number of carbonyl (C=O) groups is 1. The number of aromatic nitrogens is 6. The van der Waals surface area contributed by atoms with E-state index in [0.29, 0.717) is 22.2 Å². The Morgan fingerprint density at radius 2 is 1.84 bits per heavy atom. The molecule has 0 unspecified atom stereocenters. The second-order valence-corrected chi connectivity index (χ2v) is 7.82. The average Bonchev–Trinajstić information content (AvgIpc) is 3.26. The van der Waals surface area contributed by atoms with Gasteiger partial charge in [-0.05, 0) is 36.4 Å². The van der Waals surface area contributed by atoms with Gasteiger partial charge in [-0.1, -0.05) is 23.9 Å². The molecule has 0 bridgehead atoms. The first-order valence-corrected chi connectivity index (χ1v) is 10.8. The van der Waals surface area contributed by atoms with Crippen molar-refractivity contribution in [1.29, 1.82) is 0 Å². The molecule has 0 aliphatic heterocycles. The summed E-state index contributed by atoms with van der Waals surface area (Å²) in [7, 11) is 1.57.